The minimum absolute atomic E-state index is 0.384. The second-order valence-electron chi connectivity index (χ2n) is 5.23. The van der Waals surface area contributed by atoms with Gasteiger partial charge in [0.15, 0.2) is 0 Å². The second kappa shape index (κ2) is 2.72. The zero-order valence-electron chi connectivity index (χ0n) is 8.57. The van der Waals surface area contributed by atoms with Crippen LogP contribution in [0.2, 0.25) is 0 Å². The molecule has 1 heterocycles. The molecule has 0 fully saturated rings. The monoisotopic (exact) mass is 306 g/mol. The topological polar surface area (TPSA) is 0 Å². The molecule has 0 aromatic carbocycles. The van der Waals surface area contributed by atoms with Crippen molar-refractivity contribution >= 4 is 33.9 Å². The van der Waals surface area contributed by atoms with Crippen LogP contribution < -0.4 is 0 Å². The molecule has 0 N–H and O–H groups in total. The van der Waals surface area contributed by atoms with Crippen LogP contribution in [0.4, 0.5) is 0 Å². The molecule has 0 bridgehead atoms. The number of hydrogen-bond acceptors (Lipinski definition) is 1. The lowest BCUT2D eigenvalue weighted by Crippen LogP contribution is -2.18. The van der Waals surface area contributed by atoms with Crippen LogP contribution >= 0.6 is 33.9 Å². The first-order valence-corrected chi connectivity index (χ1v) is 6.58. The summed E-state index contributed by atoms with van der Waals surface area (Å²) >= 11 is 4.41. The van der Waals surface area contributed by atoms with Crippen LogP contribution in [0.15, 0.2) is 5.38 Å². The Morgan fingerprint density at radius 1 is 1.23 bits per heavy atom. The average molecular weight is 306 g/mol. The fourth-order valence-corrected chi connectivity index (χ4v) is 5.54. The highest BCUT2D eigenvalue weighted by Gasteiger charge is 2.44. The van der Waals surface area contributed by atoms with Crippen molar-refractivity contribution in [3.8, 4) is 0 Å². The van der Waals surface area contributed by atoms with Gasteiger partial charge in [-0.2, -0.15) is 0 Å². The van der Waals surface area contributed by atoms with Crippen molar-refractivity contribution in [3.63, 3.8) is 0 Å². The van der Waals surface area contributed by atoms with Gasteiger partial charge in [0, 0.05) is 19.2 Å². The summed E-state index contributed by atoms with van der Waals surface area (Å²) in [5, 5.41) is 2.30. The van der Waals surface area contributed by atoms with E-state index in [9.17, 15) is 0 Å². The third kappa shape index (κ3) is 1.37. The predicted octanol–water partition coefficient (Wildman–Crippen LogP) is 4.31. The molecule has 0 nitrogen and oxygen atoms in total. The van der Waals surface area contributed by atoms with Gasteiger partial charge in [0.25, 0.3) is 0 Å². The number of fused-ring (bicyclic) bond motifs is 1. The van der Waals surface area contributed by atoms with Crippen LogP contribution in [0.3, 0.4) is 0 Å². The van der Waals surface area contributed by atoms with Crippen LogP contribution in [0.5, 0.6) is 0 Å². The molecule has 0 unspecified atom stereocenters. The van der Waals surface area contributed by atoms with Crippen LogP contribution in [0.25, 0.3) is 0 Å². The van der Waals surface area contributed by atoms with E-state index in [4.69, 9.17) is 0 Å². The smallest absolute Gasteiger partial charge is 0.0277 e. The molecule has 2 rings (SSSR count). The maximum Gasteiger partial charge on any atom is 0.0277 e. The fourth-order valence-electron chi connectivity index (χ4n) is 2.74. The summed E-state index contributed by atoms with van der Waals surface area (Å²) in [6, 6.07) is 0. The largest absolute Gasteiger partial charge is 0.147 e. The molecule has 1 aliphatic rings. The SMILES string of the molecule is CC1(C)CC(C)(C)c2c(I)csc21. The van der Waals surface area contributed by atoms with Crippen molar-refractivity contribution in [2.75, 3.05) is 0 Å². The quantitative estimate of drug-likeness (QED) is 0.627. The molecule has 1 aliphatic carbocycles. The van der Waals surface area contributed by atoms with E-state index in [0.717, 1.165) is 0 Å². The Kier molecular flexibility index (Phi) is 2.09. The minimum Gasteiger partial charge on any atom is -0.147 e. The predicted molar refractivity (Wildman–Crippen MR) is 67.7 cm³/mol. The minimum atomic E-state index is 0.384. The number of rotatable bonds is 0. The molecule has 2 heteroatoms. The van der Waals surface area contributed by atoms with Crippen molar-refractivity contribution in [1.29, 1.82) is 0 Å². The van der Waals surface area contributed by atoms with Crippen LogP contribution in [-0.4, -0.2) is 0 Å². The van der Waals surface area contributed by atoms with Crippen molar-refractivity contribution in [2.24, 2.45) is 0 Å². The van der Waals surface area contributed by atoms with Gasteiger partial charge in [-0.05, 0) is 40.0 Å². The van der Waals surface area contributed by atoms with E-state index in [1.165, 1.54) is 9.99 Å². The van der Waals surface area contributed by atoms with Crippen molar-refractivity contribution in [3.05, 3.63) is 19.4 Å². The molecule has 0 amide bonds. The molecule has 1 aromatic heterocycles. The van der Waals surface area contributed by atoms with E-state index in [1.807, 2.05) is 11.3 Å². The lowest BCUT2D eigenvalue weighted by Gasteiger charge is -2.23. The summed E-state index contributed by atoms with van der Waals surface area (Å²) in [6.45, 7) is 9.48. The highest BCUT2D eigenvalue weighted by Crippen LogP contribution is 2.53. The second-order valence-corrected chi connectivity index (χ2v) is 7.27. The molecule has 1 aromatic rings. The summed E-state index contributed by atoms with van der Waals surface area (Å²) in [6.07, 6.45) is 1.29. The summed E-state index contributed by atoms with van der Waals surface area (Å²) in [7, 11) is 0. The van der Waals surface area contributed by atoms with Gasteiger partial charge in [-0.25, -0.2) is 0 Å². The van der Waals surface area contributed by atoms with Crippen LogP contribution in [-0.2, 0) is 10.8 Å². The van der Waals surface area contributed by atoms with Crippen LogP contribution in [0.1, 0.15) is 44.6 Å². The van der Waals surface area contributed by atoms with E-state index < -0.39 is 0 Å². The Balaban J connectivity index is 2.67. The standard InChI is InChI=1S/C11H15IS/c1-10(2)6-11(3,4)9-8(10)7(12)5-13-9/h5H,6H2,1-4H3. The highest BCUT2D eigenvalue weighted by atomic mass is 127. The van der Waals surface area contributed by atoms with Gasteiger partial charge in [0.2, 0.25) is 0 Å². The molecule has 0 atom stereocenters. The molecule has 13 heavy (non-hydrogen) atoms. The Hall–Kier alpha value is 0.430. The average Bonchev–Trinajstić information content (AvgIpc) is 2.35. The third-order valence-corrected chi connectivity index (χ3v) is 5.54. The first kappa shape index (κ1) is 9.97. The Morgan fingerprint density at radius 2 is 1.85 bits per heavy atom. The van der Waals surface area contributed by atoms with Gasteiger partial charge < -0.3 is 0 Å². The number of thiophene rings is 1. The fraction of sp³-hybridized carbons (Fsp3) is 0.636. The lowest BCUT2D eigenvalue weighted by atomic mass is 9.82. The zero-order chi connectivity index (χ0) is 9.85. The Bertz CT molecular complexity index is 347. The molecule has 72 valence electrons. The van der Waals surface area contributed by atoms with Gasteiger partial charge >= 0.3 is 0 Å². The van der Waals surface area contributed by atoms with Gasteiger partial charge in [-0.15, -0.1) is 11.3 Å². The van der Waals surface area contributed by atoms with Crippen LogP contribution in [0, 0.1) is 3.57 Å². The molecular weight excluding hydrogens is 291 g/mol. The van der Waals surface area contributed by atoms with E-state index in [1.54, 1.807) is 10.4 Å². The number of hydrogen-bond donors (Lipinski definition) is 0. The van der Waals surface area contributed by atoms with Gasteiger partial charge in [0.05, 0.1) is 0 Å². The van der Waals surface area contributed by atoms with E-state index in [-0.39, 0.29) is 0 Å². The number of halogens is 1. The van der Waals surface area contributed by atoms with E-state index in [2.05, 4.69) is 55.7 Å². The normalized spacial score (nSPS) is 23.2. The Morgan fingerprint density at radius 3 is 2.38 bits per heavy atom. The van der Waals surface area contributed by atoms with Gasteiger partial charge in [-0.1, -0.05) is 27.7 Å². The van der Waals surface area contributed by atoms with E-state index >= 15 is 0 Å². The maximum atomic E-state index is 2.47. The van der Waals surface area contributed by atoms with E-state index in [0.29, 0.717) is 10.8 Å². The summed E-state index contributed by atoms with van der Waals surface area (Å²) < 4.78 is 1.47. The van der Waals surface area contributed by atoms with Crippen molar-refractivity contribution in [2.45, 2.75) is 44.9 Å². The summed E-state index contributed by atoms with van der Waals surface area (Å²) in [5.74, 6) is 0. The molecule has 0 radical (unpaired) electrons. The molecule has 0 spiro atoms. The molecular formula is C11H15IS. The summed E-state index contributed by atoms with van der Waals surface area (Å²) in [4.78, 5) is 1.61. The summed E-state index contributed by atoms with van der Waals surface area (Å²) in [5.41, 5.74) is 2.39. The third-order valence-electron chi connectivity index (χ3n) is 2.92. The highest BCUT2D eigenvalue weighted by molar-refractivity contribution is 14.1. The van der Waals surface area contributed by atoms with Crippen molar-refractivity contribution in [1.82, 2.24) is 0 Å². The first-order valence-electron chi connectivity index (χ1n) is 4.62. The molecule has 0 aliphatic heterocycles. The van der Waals surface area contributed by atoms with Gasteiger partial charge in [-0.3, -0.25) is 0 Å². The molecule has 0 saturated carbocycles. The zero-order valence-corrected chi connectivity index (χ0v) is 11.5. The molecule has 0 saturated heterocycles. The maximum absolute atomic E-state index is 2.47. The lowest BCUT2D eigenvalue weighted by molar-refractivity contribution is 0.404. The first-order chi connectivity index (χ1) is 5.84. The Labute approximate surface area is 97.9 Å². The van der Waals surface area contributed by atoms with Gasteiger partial charge in [0.1, 0.15) is 0 Å². The van der Waals surface area contributed by atoms with Crippen molar-refractivity contribution < 1.29 is 0 Å².